The number of hydrogen-bond donors (Lipinski definition) is 0. The summed E-state index contributed by atoms with van der Waals surface area (Å²) in [4.78, 5) is 10.2. The second-order valence-corrected chi connectivity index (χ2v) is 3.49. The molecular weight excluding hydrogens is 170 g/mol. The van der Waals surface area contributed by atoms with E-state index in [2.05, 4.69) is 0 Å². The van der Waals surface area contributed by atoms with E-state index in [1.165, 1.54) is 5.57 Å². The third kappa shape index (κ3) is 1.43. The second-order valence-electron chi connectivity index (χ2n) is 3.49. The minimum atomic E-state index is -0.323. The maximum Gasteiger partial charge on any atom is 0.250 e. The van der Waals surface area contributed by atoms with Crippen LogP contribution in [0, 0.1) is 10.1 Å². The normalized spacial score (nSPS) is 26.5. The highest BCUT2D eigenvalue weighted by Crippen LogP contribution is 2.34. The molecule has 0 aromatic carbocycles. The average Bonchev–Trinajstić information content (AvgIpc) is 2.42. The molecule has 1 aliphatic carbocycles. The van der Waals surface area contributed by atoms with Crippen molar-refractivity contribution < 1.29 is 9.66 Å². The average molecular weight is 181 g/mol. The molecule has 0 radical (unpaired) electrons. The molecule has 0 spiro atoms. The first-order valence-electron chi connectivity index (χ1n) is 4.40. The van der Waals surface area contributed by atoms with E-state index in [0.717, 1.165) is 18.6 Å². The highest BCUT2D eigenvalue weighted by molar-refractivity contribution is 5.30. The van der Waals surface area contributed by atoms with Gasteiger partial charge in [-0.15, -0.1) is 0 Å². The number of nitrogens with zero attached hydrogens (tertiary/aromatic N) is 1. The Labute approximate surface area is 76.0 Å². The van der Waals surface area contributed by atoms with Crippen LogP contribution in [0.25, 0.3) is 0 Å². The molecule has 2 rings (SSSR count). The Morgan fingerprint density at radius 1 is 1.62 bits per heavy atom. The molecule has 1 heterocycles. The maximum atomic E-state index is 10.5. The first-order chi connectivity index (χ1) is 6.16. The van der Waals surface area contributed by atoms with Crippen LogP contribution in [0.15, 0.2) is 23.1 Å². The van der Waals surface area contributed by atoms with Gasteiger partial charge < -0.3 is 4.74 Å². The Hall–Kier alpha value is -1.32. The molecule has 0 aromatic heterocycles. The van der Waals surface area contributed by atoms with Gasteiger partial charge in [-0.25, -0.2) is 0 Å². The van der Waals surface area contributed by atoms with Crippen LogP contribution in [0.1, 0.15) is 26.2 Å². The summed E-state index contributed by atoms with van der Waals surface area (Å²) >= 11 is 0. The molecule has 2 aliphatic rings. The first kappa shape index (κ1) is 8.29. The molecule has 1 unspecified atom stereocenters. The van der Waals surface area contributed by atoms with Crippen LogP contribution in [0.2, 0.25) is 0 Å². The fraction of sp³-hybridized carbons (Fsp3) is 0.556. The fourth-order valence-electron chi connectivity index (χ4n) is 1.80. The Bertz CT molecular complexity index is 317. The van der Waals surface area contributed by atoms with E-state index in [4.69, 9.17) is 4.74 Å². The van der Waals surface area contributed by atoms with Crippen molar-refractivity contribution in [2.24, 2.45) is 0 Å². The zero-order valence-corrected chi connectivity index (χ0v) is 7.45. The summed E-state index contributed by atoms with van der Waals surface area (Å²) in [5.41, 5.74) is 1.51. The van der Waals surface area contributed by atoms with Gasteiger partial charge >= 0.3 is 0 Å². The van der Waals surface area contributed by atoms with Crippen LogP contribution in [-0.4, -0.2) is 11.0 Å². The molecule has 70 valence electrons. The van der Waals surface area contributed by atoms with Crippen molar-refractivity contribution in [3.8, 4) is 0 Å². The van der Waals surface area contributed by atoms with E-state index in [9.17, 15) is 10.1 Å². The van der Waals surface area contributed by atoms with E-state index in [1.807, 2.05) is 6.92 Å². The van der Waals surface area contributed by atoms with Gasteiger partial charge in [-0.2, -0.15) is 0 Å². The van der Waals surface area contributed by atoms with Crippen molar-refractivity contribution in [3.63, 3.8) is 0 Å². The molecular formula is C9H11NO3. The standard InChI is InChI=1S/C9H11NO3/c1-6-4-7-2-3-8(10(11)12)5-9(7)13-6/h5-6H,2-4H2,1H3. The maximum absolute atomic E-state index is 10.5. The Morgan fingerprint density at radius 2 is 2.38 bits per heavy atom. The topological polar surface area (TPSA) is 52.4 Å². The summed E-state index contributed by atoms with van der Waals surface area (Å²) in [6.07, 6.45) is 4.01. The molecule has 13 heavy (non-hydrogen) atoms. The lowest BCUT2D eigenvalue weighted by Gasteiger charge is -2.07. The van der Waals surface area contributed by atoms with Gasteiger partial charge in [-0.05, 0) is 18.9 Å². The number of rotatable bonds is 1. The van der Waals surface area contributed by atoms with E-state index < -0.39 is 0 Å². The summed E-state index contributed by atoms with van der Waals surface area (Å²) in [6.45, 7) is 1.98. The minimum Gasteiger partial charge on any atom is -0.490 e. The second kappa shape index (κ2) is 2.87. The van der Waals surface area contributed by atoms with Gasteiger partial charge in [-0.1, -0.05) is 0 Å². The minimum absolute atomic E-state index is 0.187. The summed E-state index contributed by atoms with van der Waals surface area (Å²) in [5, 5.41) is 10.5. The summed E-state index contributed by atoms with van der Waals surface area (Å²) in [7, 11) is 0. The lowest BCUT2D eigenvalue weighted by atomic mass is 9.99. The lowest BCUT2D eigenvalue weighted by Crippen LogP contribution is -2.04. The highest BCUT2D eigenvalue weighted by Gasteiger charge is 2.28. The number of ether oxygens (including phenoxy) is 1. The van der Waals surface area contributed by atoms with Crippen LogP contribution >= 0.6 is 0 Å². The van der Waals surface area contributed by atoms with Crippen LogP contribution in [0.3, 0.4) is 0 Å². The van der Waals surface area contributed by atoms with Gasteiger partial charge in [0, 0.05) is 12.8 Å². The van der Waals surface area contributed by atoms with Crippen molar-refractivity contribution in [1.82, 2.24) is 0 Å². The lowest BCUT2D eigenvalue weighted by molar-refractivity contribution is -0.428. The Morgan fingerprint density at radius 3 is 3.08 bits per heavy atom. The molecule has 4 nitrogen and oxygen atoms in total. The molecule has 1 aliphatic heterocycles. The van der Waals surface area contributed by atoms with Gasteiger partial charge in [0.2, 0.25) is 5.70 Å². The summed E-state index contributed by atoms with van der Waals surface area (Å²) in [6, 6.07) is 0. The third-order valence-corrected chi connectivity index (χ3v) is 2.43. The molecule has 0 saturated heterocycles. The van der Waals surface area contributed by atoms with Crippen molar-refractivity contribution in [1.29, 1.82) is 0 Å². The molecule has 1 atom stereocenters. The van der Waals surface area contributed by atoms with Gasteiger partial charge in [0.1, 0.15) is 5.76 Å². The molecule has 0 fully saturated rings. The van der Waals surface area contributed by atoms with Crippen molar-refractivity contribution in [2.75, 3.05) is 0 Å². The molecule has 0 aromatic rings. The largest absolute Gasteiger partial charge is 0.490 e. The molecule has 0 amide bonds. The predicted octanol–water partition coefficient (Wildman–Crippen LogP) is 2.00. The van der Waals surface area contributed by atoms with Gasteiger partial charge in [0.15, 0.2) is 0 Å². The monoisotopic (exact) mass is 181 g/mol. The Kier molecular flexibility index (Phi) is 1.83. The van der Waals surface area contributed by atoms with Crippen molar-refractivity contribution >= 4 is 0 Å². The SMILES string of the molecule is CC1CC2=C(C=C([N+](=O)[O-])CC2)O1. The van der Waals surface area contributed by atoms with E-state index in [0.29, 0.717) is 6.42 Å². The van der Waals surface area contributed by atoms with Gasteiger partial charge in [0.25, 0.3) is 0 Å². The third-order valence-electron chi connectivity index (χ3n) is 2.43. The molecule has 0 saturated carbocycles. The summed E-state index contributed by atoms with van der Waals surface area (Å²) < 4.78 is 5.44. The zero-order chi connectivity index (χ0) is 9.42. The van der Waals surface area contributed by atoms with Crippen LogP contribution in [-0.2, 0) is 4.74 Å². The highest BCUT2D eigenvalue weighted by atomic mass is 16.6. The quantitative estimate of drug-likeness (QED) is 0.459. The van der Waals surface area contributed by atoms with Crippen molar-refractivity contribution in [2.45, 2.75) is 32.3 Å². The van der Waals surface area contributed by atoms with Gasteiger partial charge in [0.05, 0.1) is 17.1 Å². The smallest absolute Gasteiger partial charge is 0.250 e. The Balaban J connectivity index is 2.23. The zero-order valence-electron chi connectivity index (χ0n) is 7.45. The number of nitro groups is 1. The van der Waals surface area contributed by atoms with Gasteiger partial charge in [-0.3, -0.25) is 10.1 Å². The van der Waals surface area contributed by atoms with Crippen molar-refractivity contribution in [3.05, 3.63) is 33.2 Å². The van der Waals surface area contributed by atoms with Crippen LogP contribution < -0.4 is 0 Å². The molecule has 0 N–H and O–H groups in total. The first-order valence-corrected chi connectivity index (χ1v) is 4.40. The molecule has 0 bridgehead atoms. The predicted molar refractivity (Wildman–Crippen MR) is 46.5 cm³/mol. The van der Waals surface area contributed by atoms with E-state index in [1.54, 1.807) is 6.08 Å². The fourth-order valence-corrected chi connectivity index (χ4v) is 1.80. The summed E-state index contributed by atoms with van der Waals surface area (Å²) in [5.74, 6) is 0.741. The van der Waals surface area contributed by atoms with E-state index in [-0.39, 0.29) is 16.7 Å². The molecule has 4 heteroatoms. The van der Waals surface area contributed by atoms with Crippen LogP contribution in [0.5, 0.6) is 0 Å². The number of hydrogen-bond acceptors (Lipinski definition) is 3. The van der Waals surface area contributed by atoms with Crippen LogP contribution in [0.4, 0.5) is 0 Å². The van der Waals surface area contributed by atoms with E-state index >= 15 is 0 Å². The number of allylic oxidation sites excluding steroid dienone is 2.